The molecule has 1 aromatic rings. The fourth-order valence-corrected chi connectivity index (χ4v) is 1.55. The van der Waals surface area contributed by atoms with E-state index in [0.717, 1.165) is 11.1 Å². The van der Waals surface area contributed by atoms with Crippen LogP contribution in [-0.2, 0) is 16.0 Å². The number of benzene rings is 1. The highest BCUT2D eigenvalue weighted by molar-refractivity contribution is 7.80. The Hall–Kier alpha value is -1.22. The first kappa shape index (κ1) is 12.8. The number of carbonyl (C=O) groups excluding carboxylic acids is 1. The van der Waals surface area contributed by atoms with Crippen molar-refractivity contribution >= 4 is 24.7 Å². The van der Waals surface area contributed by atoms with Gasteiger partial charge >= 0.3 is 5.97 Å². The zero-order chi connectivity index (χ0) is 11.8. The lowest BCUT2D eigenvalue weighted by Crippen LogP contribution is -2.02. The molecule has 0 aliphatic carbocycles. The van der Waals surface area contributed by atoms with Crippen LogP contribution in [0.4, 0.5) is 0 Å². The van der Waals surface area contributed by atoms with E-state index < -0.39 is 0 Å². The van der Waals surface area contributed by atoms with Crippen LogP contribution in [0.5, 0.6) is 0 Å². The average Bonchev–Trinajstić information content (AvgIpc) is 2.34. The summed E-state index contributed by atoms with van der Waals surface area (Å²) in [5.74, 6) is 0.540. The van der Waals surface area contributed by atoms with Crippen LogP contribution < -0.4 is 0 Å². The van der Waals surface area contributed by atoms with E-state index in [-0.39, 0.29) is 5.97 Å². The molecule has 0 atom stereocenters. The third-order valence-electron chi connectivity index (χ3n) is 2.28. The van der Waals surface area contributed by atoms with E-state index in [0.29, 0.717) is 18.6 Å². The summed E-state index contributed by atoms with van der Waals surface area (Å²) in [5, 5.41) is 0. The van der Waals surface area contributed by atoms with Gasteiger partial charge in [0.1, 0.15) is 0 Å². The Labute approximate surface area is 102 Å². The highest BCUT2D eigenvalue weighted by atomic mass is 32.1. The molecule has 0 radical (unpaired) electrons. The molecule has 0 fully saturated rings. The van der Waals surface area contributed by atoms with Gasteiger partial charge in [-0.2, -0.15) is 12.6 Å². The molecule has 0 unspecified atom stereocenters. The van der Waals surface area contributed by atoms with Gasteiger partial charge in [0.15, 0.2) is 0 Å². The van der Waals surface area contributed by atoms with Crippen LogP contribution in [0.15, 0.2) is 30.3 Å². The van der Waals surface area contributed by atoms with Crippen molar-refractivity contribution in [1.29, 1.82) is 0 Å². The second-order valence-corrected chi connectivity index (χ2v) is 3.73. The van der Waals surface area contributed by atoms with Crippen molar-refractivity contribution < 1.29 is 9.53 Å². The molecular formula is C13H16O2S. The quantitative estimate of drug-likeness (QED) is 0.628. The molecule has 16 heavy (non-hydrogen) atoms. The fraction of sp³-hybridized carbons (Fsp3) is 0.308. The van der Waals surface area contributed by atoms with Crippen molar-refractivity contribution in [2.24, 2.45) is 0 Å². The van der Waals surface area contributed by atoms with Crippen molar-refractivity contribution in [3.63, 3.8) is 0 Å². The molecule has 86 valence electrons. The molecule has 0 N–H and O–H groups in total. The summed E-state index contributed by atoms with van der Waals surface area (Å²) in [6.45, 7) is 0. The first-order chi connectivity index (χ1) is 7.77. The Balaban J connectivity index is 2.71. The zero-order valence-corrected chi connectivity index (χ0v) is 10.2. The van der Waals surface area contributed by atoms with Crippen molar-refractivity contribution in [2.75, 3.05) is 12.9 Å². The summed E-state index contributed by atoms with van der Waals surface area (Å²) < 4.78 is 4.62. The normalized spacial score (nSPS) is 10.6. The van der Waals surface area contributed by atoms with Crippen molar-refractivity contribution in [3.8, 4) is 0 Å². The lowest BCUT2D eigenvalue weighted by molar-refractivity contribution is -0.140. The number of rotatable bonds is 5. The van der Waals surface area contributed by atoms with E-state index in [1.54, 1.807) is 0 Å². The predicted octanol–water partition coefficient (Wildman–Crippen LogP) is 2.74. The van der Waals surface area contributed by atoms with E-state index in [1.165, 1.54) is 7.11 Å². The van der Waals surface area contributed by atoms with Crippen molar-refractivity contribution in [3.05, 3.63) is 41.5 Å². The predicted molar refractivity (Wildman–Crippen MR) is 69.7 cm³/mol. The number of ether oxygens (including phenoxy) is 1. The minimum absolute atomic E-state index is 0.173. The molecule has 0 amide bonds. The van der Waals surface area contributed by atoms with Gasteiger partial charge in [0.2, 0.25) is 0 Å². The van der Waals surface area contributed by atoms with Crippen LogP contribution in [0.25, 0.3) is 6.08 Å². The van der Waals surface area contributed by atoms with E-state index in [9.17, 15) is 4.79 Å². The Bertz CT molecular complexity index is 372. The van der Waals surface area contributed by atoms with E-state index >= 15 is 0 Å². The summed E-state index contributed by atoms with van der Waals surface area (Å²) in [5.41, 5.74) is 2.30. The lowest BCUT2D eigenvalue weighted by Gasteiger charge is -2.04. The van der Waals surface area contributed by atoms with Gasteiger partial charge in [0.25, 0.3) is 0 Å². The summed E-state index contributed by atoms with van der Waals surface area (Å²) in [4.78, 5) is 11.1. The highest BCUT2D eigenvalue weighted by Crippen LogP contribution is 2.13. The molecule has 0 bridgehead atoms. The molecule has 1 rings (SSSR count). The van der Waals surface area contributed by atoms with E-state index in [2.05, 4.69) is 17.4 Å². The second-order valence-electron chi connectivity index (χ2n) is 3.36. The van der Waals surface area contributed by atoms with Crippen LogP contribution >= 0.6 is 12.6 Å². The monoisotopic (exact) mass is 236 g/mol. The number of esters is 1. The fourth-order valence-electron chi connectivity index (χ4n) is 1.44. The molecule has 0 aliphatic heterocycles. The highest BCUT2D eigenvalue weighted by Gasteiger charge is 2.03. The van der Waals surface area contributed by atoms with Gasteiger partial charge in [-0.25, -0.2) is 0 Å². The number of methoxy groups -OCH3 is 1. The van der Waals surface area contributed by atoms with E-state index in [1.807, 2.05) is 36.4 Å². The number of hydrogen-bond donors (Lipinski definition) is 1. The second kappa shape index (κ2) is 7.12. The smallest absolute Gasteiger partial charge is 0.305 e. The summed E-state index contributed by atoms with van der Waals surface area (Å²) >= 11 is 4.12. The van der Waals surface area contributed by atoms with Crippen LogP contribution in [0.2, 0.25) is 0 Å². The molecule has 0 aromatic heterocycles. The topological polar surface area (TPSA) is 26.3 Å². The maximum Gasteiger partial charge on any atom is 0.305 e. The number of aryl methyl sites for hydroxylation is 1. The largest absolute Gasteiger partial charge is 0.469 e. The van der Waals surface area contributed by atoms with Gasteiger partial charge in [-0.05, 0) is 17.5 Å². The van der Waals surface area contributed by atoms with Gasteiger partial charge in [-0.15, -0.1) is 0 Å². The first-order valence-electron chi connectivity index (χ1n) is 5.20. The SMILES string of the molecule is COC(=O)CCc1ccccc1C=CCS. The Morgan fingerprint density at radius 3 is 2.88 bits per heavy atom. The third kappa shape index (κ3) is 4.11. The minimum Gasteiger partial charge on any atom is -0.469 e. The number of carbonyl (C=O) groups is 1. The first-order valence-corrected chi connectivity index (χ1v) is 5.83. The third-order valence-corrected chi connectivity index (χ3v) is 2.49. The molecule has 0 aliphatic rings. The number of thiol groups is 1. The van der Waals surface area contributed by atoms with Crippen LogP contribution in [0, 0.1) is 0 Å². The average molecular weight is 236 g/mol. The molecule has 0 saturated heterocycles. The van der Waals surface area contributed by atoms with Crippen molar-refractivity contribution in [2.45, 2.75) is 12.8 Å². The number of hydrogen-bond acceptors (Lipinski definition) is 3. The standard InChI is InChI=1S/C13H16O2S/c1-15-13(14)9-8-12-6-3-2-5-11(12)7-4-10-16/h2-7,16H,8-10H2,1H3. The van der Waals surface area contributed by atoms with Gasteiger partial charge in [0.05, 0.1) is 7.11 Å². The molecule has 0 heterocycles. The van der Waals surface area contributed by atoms with Crippen LogP contribution in [0.1, 0.15) is 17.5 Å². The van der Waals surface area contributed by atoms with Crippen LogP contribution in [0.3, 0.4) is 0 Å². The maximum absolute atomic E-state index is 11.1. The summed E-state index contributed by atoms with van der Waals surface area (Å²) in [6, 6.07) is 8.03. The Morgan fingerprint density at radius 1 is 1.44 bits per heavy atom. The minimum atomic E-state index is -0.173. The zero-order valence-electron chi connectivity index (χ0n) is 9.35. The van der Waals surface area contributed by atoms with Gasteiger partial charge < -0.3 is 4.74 Å². The molecule has 3 heteroatoms. The van der Waals surface area contributed by atoms with Gasteiger partial charge in [0, 0.05) is 12.2 Å². The Morgan fingerprint density at radius 2 is 2.19 bits per heavy atom. The maximum atomic E-state index is 11.1. The van der Waals surface area contributed by atoms with Crippen LogP contribution in [-0.4, -0.2) is 18.8 Å². The van der Waals surface area contributed by atoms with E-state index in [4.69, 9.17) is 0 Å². The molecular weight excluding hydrogens is 220 g/mol. The summed E-state index contributed by atoms with van der Waals surface area (Å²) in [6.07, 6.45) is 5.14. The molecule has 1 aromatic carbocycles. The van der Waals surface area contributed by atoms with Gasteiger partial charge in [-0.3, -0.25) is 4.79 Å². The molecule has 0 spiro atoms. The summed E-state index contributed by atoms with van der Waals surface area (Å²) in [7, 11) is 1.41. The Kier molecular flexibility index (Phi) is 5.72. The lowest BCUT2D eigenvalue weighted by atomic mass is 10.0. The molecule has 2 nitrogen and oxygen atoms in total. The molecule has 0 saturated carbocycles. The van der Waals surface area contributed by atoms with Crippen molar-refractivity contribution in [1.82, 2.24) is 0 Å². The van der Waals surface area contributed by atoms with Gasteiger partial charge in [-0.1, -0.05) is 36.4 Å².